The number of anilines is 1. The Morgan fingerprint density at radius 1 is 0.839 bits per heavy atom. The van der Waals surface area contributed by atoms with E-state index in [1.807, 2.05) is 48.5 Å². The number of carbonyl (C=O) groups is 1. The molecule has 4 nitrogen and oxygen atoms in total. The van der Waals surface area contributed by atoms with Gasteiger partial charge in [-0.05, 0) is 55.5 Å². The second-order valence-corrected chi connectivity index (χ2v) is 7.57. The van der Waals surface area contributed by atoms with Gasteiger partial charge in [-0.2, -0.15) is 5.10 Å². The van der Waals surface area contributed by atoms with Crippen LogP contribution in [0.3, 0.4) is 0 Å². The van der Waals surface area contributed by atoms with Crippen molar-refractivity contribution in [2.45, 2.75) is 26.7 Å². The molecule has 0 aromatic heterocycles. The maximum absolute atomic E-state index is 12.9. The lowest BCUT2D eigenvalue weighted by Crippen LogP contribution is -2.30. The predicted molar refractivity (Wildman–Crippen MR) is 130 cm³/mol. The van der Waals surface area contributed by atoms with Gasteiger partial charge < -0.3 is 4.90 Å². The molecule has 3 rings (SSSR count). The Kier molecular flexibility index (Phi) is 8.41. The molecule has 3 aromatic rings. The van der Waals surface area contributed by atoms with Gasteiger partial charge in [0.1, 0.15) is 0 Å². The summed E-state index contributed by atoms with van der Waals surface area (Å²) in [6.07, 6.45) is 3.05. The van der Waals surface area contributed by atoms with Crippen LogP contribution >= 0.6 is 0 Å². The summed E-state index contributed by atoms with van der Waals surface area (Å²) in [6.45, 7) is 6.25. The molecule has 0 saturated heterocycles. The molecule has 1 amide bonds. The van der Waals surface area contributed by atoms with Crippen LogP contribution in [0.4, 0.5) is 5.69 Å². The third kappa shape index (κ3) is 6.82. The largest absolute Gasteiger partial charge is 0.372 e. The second-order valence-electron chi connectivity index (χ2n) is 7.57. The van der Waals surface area contributed by atoms with E-state index in [4.69, 9.17) is 0 Å². The van der Waals surface area contributed by atoms with Gasteiger partial charge in [0.05, 0.1) is 6.21 Å². The quantitative estimate of drug-likeness (QED) is 0.372. The highest BCUT2D eigenvalue weighted by Crippen LogP contribution is 2.16. The fraction of sp³-hybridized carbons (Fsp3) is 0.259. The van der Waals surface area contributed by atoms with E-state index in [1.54, 1.807) is 6.21 Å². The Morgan fingerprint density at radius 2 is 1.35 bits per heavy atom. The SMILES string of the molecule is CCN(CC)c1ccc(/C=N\NC(=O)C(Cc2ccccc2)Cc2ccccc2)cc1. The molecule has 0 fully saturated rings. The number of hydrogen-bond donors (Lipinski definition) is 1. The van der Waals surface area contributed by atoms with E-state index >= 15 is 0 Å². The van der Waals surface area contributed by atoms with E-state index in [0.717, 1.165) is 29.8 Å². The van der Waals surface area contributed by atoms with E-state index in [1.165, 1.54) is 5.69 Å². The van der Waals surface area contributed by atoms with Crippen LogP contribution in [0.1, 0.15) is 30.5 Å². The summed E-state index contributed by atoms with van der Waals surface area (Å²) >= 11 is 0. The minimum atomic E-state index is -0.188. The number of nitrogens with one attached hydrogen (secondary N) is 1. The summed E-state index contributed by atoms with van der Waals surface area (Å²) in [5.41, 5.74) is 7.20. The first-order valence-corrected chi connectivity index (χ1v) is 10.9. The monoisotopic (exact) mass is 413 g/mol. The highest BCUT2D eigenvalue weighted by molar-refractivity contribution is 5.84. The molecular weight excluding hydrogens is 382 g/mol. The van der Waals surface area contributed by atoms with Gasteiger partial charge >= 0.3 is 0 Å². The Morgan fingerprint density at radius 3 is 1.84 bits per heavy atom. The molecule has 0 saturated carbocycles. The molecule has 31 heavy (non-hydrogen) atoms. The van der Waals surface area contributed by atoms with E-state index in [0.29, 0.717) is 12.8 Å². The van der Waals surface area contributed by atoms with E-state index < -0.39 is 0 Å². The lowest BCUT2D eigenvalue weighted by molar-refractivity contribution is -0.124. The molecule has 0 aliphatic rings. The molecule has 0 spiro atoms. The van der Waals surface area contributed by atoms with Crippen molar-refractivity contribution in [2.24, 2.45) is 11.0 Å². The van der Waals surface area contributed by atoms with Crippen LogP contribution in [-0.4, -0.2) is 25.2 Å². The topological polar surface area (TPSA) is 44.7 Å². The number of benzene rings is 3. The molecule has 0 aliphatic carbocycles. The van der Waals surface area contributed by atoms with Crippen molar-refractivity contribution in [1.29, 1.82) is 0 Å². The molecule has 160 valence electrons. The smallest absolute Gasteiger partial charge is 0.243 e. The van der Waals surface area contributed by atoms with Gasteiger partial charge in [-0.3, -0.25) is 4.79 Å². The van der Waals surface area contributed by atoms with Gasteiger partial charge in [0.2, 0.25) is 5.91 Å². The van der Waals surface area contributed by atoms with Crippen molar-refractivity contribution in [1.82, 2.24) is 5.43 Å². The van der Waals surface area contributed by atoms with Crippen molar-refractivity contribution in [2.75, 3.05) is 18.0 Å². The Balaban J connectivity index is 1.65. The molecular formula is C27H31N3O. The molecule has 0 radical (unpaired) electrons. The maximum atomic E-state index is 12.9. The van der Waals surface area contributed by atoms with Crippen LogP contribution in [0.25, 0.3) is 0 Å². The molecule has 0 heterocycles. The van der Waals surface area contributed by atoms with Crippen molar-refractivity contribution in [3.63, 3.8) is 0 Å². The van der Waals surface area contributed by atoms with Crippen LogP contribution in [-0.2, 0) is 17.6 Å². The molecule has 0 aliphatic heterocycles. The third-order valence-corrected chi connectivity index (χ3v) is 5.43. The summed E-state index contributed by atoms with van der Waals surface area (Å²) in [5, 5.41) is 4.22. The number of carbonyl (C=O) groups excluding carboxylic acids is 1. The molecule has 4 heteroatoms. The average molecular weight is 414 g/mol. The highest BCUT2D eigenvalue weighted by Gasteiger charge is 2.19. The second kappa shape index (κ2) is 11.7. The highest BCUT2D eigenvalue weighted by atomic mass is 16.2. The average Bonchev–Trinajstić information content (AvgIpc) is 2.82. The predicted octanol–water partition coefficient (Wildman–Crippen LogP) is 5.08. The van der Waals surface area contributed by atoms with Crippen molar-refractivity contribution in [3.8, 4) is 0 Å². The molecule has 1 N–H and O–H groups in total. The third-order valence-electron chi connectivity index (χ3n) is 5.43. The fourth-order valence-corrected chi connectivity index (χ4v) is 3.68. The van der Waals surface area contributed by atoms with E-state index in [-0.39, 0.29) is 11.8 Å². The number of rotatable bonds is 10. The van der Waals surface area contributed by atoms with Gasteiger partial charge in [0, 0.05) is 24.7 Å². The molecule has 0 unspecified atom stereocenters. The molecule has 0 atom stereocenters. The van der Waals surface area contributed by atoms with Crippen molar-refractivity contribution >= 4 is 17.8 Å². The molecule has 3 aromatic carbocycles. The van der Waals surface area contributed by atoms with Crippen molar-refractivity contribution in [3.05, 3.63) is 102 Å². The summed E-state index contributed by atoms with van der Waals surface area (Å²) in [5.74, 6) is -0.254. The van der Waals surface area contributed by atoms with Crippen LogP contribution in [0.15, 0.2) is 90.0 Å². The minimum Gasteiger partial charge on any atom is -0.372 e. The standard InChI is InChI=1S/C27H31N3O/c1-3-30(4-2)26-17-15-24(16-18-26)21-28-29-27(31)25(19-22-11-7-5-8-12-22)20-23-13-9-6-10-14-23/h5-18,21,25H,3-4,19-20H2,1-2H3,(H,29,31)/b28-21-. The number of nitrogens with zero attached hydrogens (tertiary/aromatic N) is 2. The first kappa shape index (κ1) is 22.3. The zero-order valence-electron chi connectivity index (χ0n) is 18.4. The zero-order valence-corrected chi connectivity index (χ0v) is 18.4. The van der Waals surface area contributed by atoms with E-state index in [9.17, 15) is 4.79 Å². The maximum Gasteiger partial charge on any atom is 0.243 e. The summed E-state index contributed by atoms with van der Waals surface area (Å²) < 4.78 is 0. The number of hydrogen-bond acceptors (Lipinski definition) is 3. The van der Waals surface area contributed by atoms with Crippen LogP contribution < -0.4 is 10.3 Å². The lowest BCUT2D eigenvalue weighted by atomic mass is 9.92. The van der Waals surface area contributed by atoms with Gasteiger partial charge in [0.25, 0.3) is 0 Å². The zero-order chi connectivity index (χ0) is 21.9. The Bertz CT molecular complexity index is 907. The van der Waals surface area contributed by atoms with Gasteiger partial charge in [-0.25, -0.2) is 5.43 Å². The van der Waals surface area contributed by atoms with Crippen LogP contribution in [0.2, 0.25) is 0 Å². The van der Waals surface area contributed by atoms with E-state index in [2.05, 4.69) is 65.7 Å². The lowest BCUT2D eigenvalue weighted by Gasteiger charge is -2.20. The Hall–Kier alpha value is -3.40. The first-order valence-electron chi connectivity index (χ1n) is 10.9. The van der Waals surface area contributed by atoms with Crippen LogP contribution in [0, 0.1) is 5.92 Å². The van der Waals surface area contributed by atoms with Crippen molar-refractivity contribution < 1.29 is 4.79 Å². The fourth-order valence-electron chi connectivity index (χ4n) is 3.68. The minimum absolute atomic E-state index is 0.0660. The summed E-state index contributed by atoms with van der Waals surface area (Å²) in [6, 6.07) is 28.5. The normalized spacial score (nSPS) is 11.1. The first-order chi connectivity index (χ1) is 15.2. The van der Waals surface area contributed by atoms with Gasteiger partial charge in [-0.1, -0.05) is 72.8 Å². The molecule has 0 bridgehead atoms. The summed E-state index contributed by atoms with van der Waals surface area (Å²) in [4.78, 5) is 15.2. The van der Waals surface area contributed by atoms with Crippen LogP contribution in [0.5, 0.6) is 0 Å². The van der Waals surface area contributed by atoms with Gasteiger partial charge in [-0.15, -0.1) is 0 Å². The van der Waals surface area contributed by atoms with Gasteiger partial charge in [0.15, 0.2) is 0 Å². The Labute approximate surface area is 185 Å². The summed E-state index contributed by atoms with van der Waals surface area (Å²) in [7, 11) is 0. The number of amides is 1. The number of hydrazone groups is 1.